The predicted molar refractivity (Wildman–Crippen MR) is 80.4 cm³/mol. The summed E-state index contributed by atoms with van der Waals surface area (Å²) < 4.78 is 5.40. The zero-order valence-electron chi connectivity index (χ0n) is 11.5. The molecular weight excluding hydrogens is 301 g/mol. The first kappa shape index (κ1) is 17.1. The predicted octanol–water partition coefficient (Wildman–Crippen LogP) is 2.90. The number of rotatable bonds is 7. The summed E-state index contributed by atoms with van der Waals surface area (Å²) in [5.41, 5.74) is 0. The third kappa shape index (κ3) is 5.57. The summed E-state index contributed by atoms with van der Waals surface area (Å²) in [5, 5.41) is 13.0. The highest BCUT2D eigenvalue weighted by atomic mass is 35.5. The minimum Gasteiger partial charge on any atom is -0.491 e. The Bertz CT molecular complexity index is 452. The van der Waals surface area contributed by atoms with E-state index in [1.54, 1.807) is 18.2 Å². The van der Waals surface area contributed by atoms with Crippen molar-refractivity contribution in [1.29, 1.82) is 0 Å². The smallest absolute Gasteiger partial charge is 0.223 e. The molecule has 2 N–H and O–H groups in total. The van der Waals surface area contributed by atoms with Crippen molar-refractivity contribution >= 4 is 29.1 Å². The molecule has 0 aliphatic heterocycles. The number of nitrogens with one attached hydrogen (secondary N) is 1. The van der Waals surface area contributed by atoms with Crippen LogP contribution in [0, 0.1) is 5.92 Å². The van der Waals surface area contributed by atoms with Crippen LogP contribution in [0.4, 0.5) is 0 Å². The molecule has 1 rings (SSSR count). The Hall–Kier alpha value is -0.970. The molecule has 0 aliphatic carbocycles. The van der Waals surface area contributed by atoms with Crippen LogP contribution in [0.1, 0.15) is 20.3 Å². The number of carbonyl (C=O) groups excluding carboxylic acids is 1. The van der Waals surface area contributed by atoms with Crippen LogP contribution in [0.25, 0.3) is 0 Å². The van der Waals surface area contributed by atoms with Crippen LogP contribution in [-0.4, -0.2) is 30.3 Å². The topological polar surface area (TPSA) is 58.6 Å². The molecule has 4 nitrogen and oxygen atoms in total. The monoisotopic (exact) mass is 319 g/mol. The number of carbonyl (C=O) groups is 1. The van der Waals surface area contributed by atoms with Crippen molar-refractivity contribution in [2.45, 2.75) is 26.4 Å². The highest BCUT2D eigenvalue weighted by Gasteiger charge is 2.11. The largest absolute Gasteiger partial charge is 0.491 e. The van der Waals surface area contributed by atoms with Crippen LogP contribution < -0.4 is 10.1 Å². The molecular formula is C14H19Cl2NO3. The summed E-state index contributed by atoms with van der Waals surface area (Å²) in [6, 6.07) is 5.08. The number of aliphatic hydroxyl groups is 1. The normalized spacial score (nSPS) is 12.3. The molecule has 0 fully saturated rings. The van der Waals surface area contributed by atoms with E-state index >= 15 is 0 Å². The van der Waals surface area contributed by atoms with Crippen molar-refractivity contribution < 1.29 is 14.6 Å². The van der Waals surface area contributed by atoms with Gasteiger partial charge in [-0.2, -0.15) is 0 Å². The van der Waals surface area contributed by atoms with Crippen LogP contribution >= 0.6 is 23.2 Å². The Balaban J connectivity index is 2.30. The Labute approximate surface area is 129 Å². The van der Waals surface area contributed by atoms with Crippen LogP contribution in [0.5, 0.6) is 5.75 Å². The number of hydrogen-bond donors (Lipinski definition) is 2. The molecule has 6 heteroatoms. The van der Waals surface area contributed by atoms with E-state index in [-0.39, 0.29) is 31.4 Å². The van der Waals surface area contributed by atoms with E-state index in [1.807, 2.05) is 13.8 Å². The summed E-state index contributed by atoms with van der Waals surface area (Å²) >= 11 is 11.8. The SMILES string of the molecule is CC(C)C(O)CNC(=O)CCOc1cccc(Cl)c1Cl. The van der Waals surface area contributed by atoms with Crippen molar-refractivity contribution in [2.75, 3.05) is 13.2 Å². The fourth-order valence-corrected chi connectivity index (χ4v) is 1.74. The minimum atomic E-state index is -0.540. The third-order valence-corrected chi connectivity index (χ3v) is 3.58. The zero-order valence-corrected chi connectivity index (χ0v) is 13.0. The van der Waals surface area contributed by atoms with Crippen molar-refractivity contribution in [3.05, 3.63) is 28.2 Å². The van der Waals surface area contributed by atoms with Crippen LogP contribution in [0.2, 0.25) is 10.0 Å². The van der Waals surface area contributed by atoms with E-state index < -0.39 is 6.10 Å². The molecule has 0 saturated heterocycles. The molecule has 0 saturated carbocycles. The lowest BCUT2D eigenvalue weighted by atomic mass is 10.1. The summed E-state index contributed by atoms with van der Waals surface area (Å²) in [7, 11) is 0. The fourth-order valence-electron chi connectivity index (χ4n) is 1.39. The molecule has 0 heterocycles. The van der Waals surface area contributed by atoms with Gasteiger partial charge in [0.2, 0.25) is 5.91 Å². The van der Waals surface area contributed by atoms with Gasteiger partial charge in [0.25, 0.3) is 0 Å². The van der Waals surface area contributed by atoms with Gasteiger partial charge in [0, 0.05) is 6.54 Å². The lowest BCUT2D eigenvalue weighted by Gasteiger charge is -2.15. The average molecular weight is 320 g/mol. The first-order valence-corrected chi connectivity index (χ1v) is 7.19. The van der Waals surface area contributed by atoms with Crippen LogP contribution in [0.3, 0.4) is 0 Å². The molecule has 0 bridgehead atoms. The number of hydrogen-bond acceptors (Lipinski definition) is 3. The molecule has 0 spiro atoms. The van der Waals surface area contributed by atoms with Gasteiger partial charge in [-0.15, -0.1) is 0 Å². The molecule has 1 unspecified atom stereocenters. The summed E-state index contributed by atoms with van der Waals surface area (Å²) in [6.45, 7) is 4.22. The van der Waals surface area contributed by atoms with E-state index in [2.05, 4.69) is 5.32 Å². The Morgan fingerprint density at radius 3 is 2.75 bits per heavy atom. The van der Waals surface area contributed by atoms with Gasteiger partial charge in [0.15, 0.2) is 0 Å². The third-order valence-electron chi connectivity index (χ3n) is 2.78. The van der Waals surface area contributed by atoms with Crippen LogP contribution in [-0.2, 0) is 4.79 Å². The first-order chi connectivity index (χ1) is 9.41. The van der Waals surface area contributed by atoms with Gasteiger partial charge in [-0.3, -0.25) is 4.79 Å². The van der Waals surface area contributed by atoms with Gasteiger partial charge < -0.3 is 15.2 Å². The number of ether oxygens (including phenoxy) is 1. The van der Waals surface area contributed by atoms with E-state index in [9.17, 15) is 9.90 Å². The number of halogens is 2. The Morgan fingerprint density at radius 1 is 1.40 bits per heavy atom. The maximum Gasteiger partial charge on any atom is 0.223 e. The number of benzene rings is 1. The van der Waals surface area contributed by atoms with Crippen molar-refractivity contribution in [1.82, 2.24) is 5.32 Å². The van der Waals surface area contributed by atoms with Gasteiger partial charge in [0.05, 0.1) is 24.2 Å². The van der Waals surface area contributed by atoms with Gasteiger partial charge in [0.1, 0.15) is 10.8 Å². The average Bonchev–Trinajstić information content (AvgIpc) is 2.40. The summed E-state index contributed by atoms with van der Waals surface area (Å²) in [5.74, 6) is 0.383. The molecule has 0 radical (unpaired) electrons. The van der Waals surface area contributed by atoms with Crippen molar-refractivity contribution in [3.63, 3.8) is 0 Å². The standard InChI is InChI=1S/C14H19Cl2NO3/c1-9(2)11(18)8-17-13(19)6-7-20-12-5-3-4-10(15)14(12)16/h3-5,9,11,18H,6-8H2,1-2H3,(H,17,19). The van der Waals surface area contributed by atoms with E-state index in [1.165, 1.54) is 0 Å². The molecule has 1 atom stereocenters. The highest BCUT2D eigenvalue weighted by Crippen LogP contribution is 2.31. The molecule has 0 aromatic heterocycles. The lowest BCUT2D eigenvalue weighted by molar-refractivity contribution is -0.122. The second kappa shape index (κ2) is 8.35. The van der Waals surface area contributed by atoms with Crippen molar-refractivity contribution in [2.24, 2.45) is 5.92 Å². The highest BCUT2D eigenvalue weighted by molar-refractivity contribution is 6.42. The number of amides is 1. The van der Waals surface area contributed by atoms with Gasteiger partial charge >= 0.3 is 0 Å². The maximum atomic E-state index is 11.6. The van der Waals surface area contributed by atoms with E-state index in [0.29, 0.717) is 15.8 Å². The summed E-state index contributed by atoms with van der Waals surface area (Å²) in [6.07, 6.45) is -0.351. The molecule has 112 valence electrons. The number of aliphatic hydroxyl groups excluding tert-OH is 1. The van der Waals surface area contributed by atoms with E-state index in [4.69, 9.17) is 27.9 Å². The first-order valence-electron chi connectivity index (χ1n) is 6.43. The molecule has 0 aliphatic rings. The second-order valence-electron chi connectivity index (χ2n) is 4.77. The van der Waals surface area contributed by atoms with Crippen molar-refractivity contribution in [3.8, 4) is 5.75 Å². The van der Waals surface area contributed by atoms with Gasteiger partial charge in [-0.1, -0.05) is 43.1 Å². The summed E-state index contributed by atoms with van der Waals surface area (Å²) in [4.78, 5) is 11.6. The minimum absolute atomic E-state index is 0.108. The Kier molecular flexibility index (Phi) is 7.13. The van der Waals surface area contributed by atoms with E-state index in [0.717, 1.165) is 0 Å². The lowest BCUT2D eigenvalue weighted by Crippen LogP contribution is -2.35. The molecule has 1 aromatic carbocycles. The zero-order chi connectivity index (χ0) is 15.1. The maximum absolute atomic E-state index is 11.6. The quantitative estimate of drug-likeness (QED) is 0.812. The van der Waals surface area contributed by atoms with Gasteiger partial charge in [-0.25, -0.2) is 0 Å². The van der Waals surface area contributed by atoms with Crippen LogP contribution in [0.15, 0.2) is 18.2 Å². The second-order valence-corrected chi connectivity index (χ2v) is 5.55. The molecule has 20 heavy (non-hydrogen) atoms. The van der Waals surface area contributed by atoms with Gasteiger partial charge in [-0.05, 0) is 18.1 Å². The Morgan fingerprint density at radius 2 is 2.10 bits per heavy atom. The fraction of sp³-hybridized carbons (Fsp3) is 0.500. The molecule has 1 aromatic rings. The molecule has 1 amide bonds.